The molecule has 0 saturated carbocycles. The maximum absolute atomic E-state index is 12.5. The van der Waals surface area contributed by atoms with Gasteiger partial charge in [-0.2, -0.15) is 0 Å². The highest BCUT2D eigenvalue weighted by Crippen LogP contribution is 2.31. The number of amides is 1. The van der Waals surface area contributed by atoms with Gasteiger partial charge in [0.25, 0.3) is 5.91 Å². The van der Waals surface area contributed by atoms with Crippen LogP contribution >= 0.6 is 0 Å². The minimum absolute atomic E-state index is 0.0817. The highest BCUT2D eigenvalue weighted by molar-refractivity contribution is 5.96. The molecule has 158 valence electrons. The summed E-state index contributed by atoms with van der Waals surface area (Å²) in [6, 6.07) is 12.4. The first-order valence-corrected chi connectivity index (χ1v) is 11.0. The van der Waals surface area contributed by atoms with Gasteiger partial charge >= 0.3 is 0 Å². The smallest absolute Gasteiger partial charge is 0.270 e. The van der Waals surface area contributed by atoms with Crippen molar-refractivity contribution in [3.63, 3.8) is 0 Å². The van der Waals surface area contributed by atoms with Crippen LogP contribution < -0.4 is 10.2 Å². The zero-order chi connectivity index (χ0) is 21.0. The van der Waals surface area contributed by atoms with Gasteiger partial charge in [-0.05, 0) is 37.3 Å². The standard InChI is InChI=1S/C24H26N6O/c31-24-22-19(8-13-26-24)23(29-21(28-22)7-6-17-4-2-1-3-5-17)30-14-10-18(11-15-30)20-9-12-25-16-27-20/h1-5,9,12,16,18H,6-8,10-11,13-15H2,(H,26,31). The topological polar surface area (TPSA) is 83.9 Å². The van der Waals surface area contributed by atoms with E-state index in [1.54, 1.807) is 6.33 Å². The molecule has 3 aromatic rings. The Labute approximate surface area is 182 Å². The number of hydrogen-bond acceptors (Lipinski definition) is 6. The van der Waals surface area contributed by atoms with Gasteiger partial charge < -0.3 is 10.2 Å². The predicted octanol–water partition coefficient (Wildman–Crippen LogP) is 2.72. The van der Waals surface area contributed by atoms with E-state index in [4.69, 9.17) is 4.98 Å². The minimum atomic E-state index is -0.0817. The second-order valence-electron chi connectivity index (χ2n) is 8.18. The Morgan fingerprint density at radius 3 is 2.65 bits per heavy atom. The van der Waals surface area contributed by atoms with Crippen molar-refractivity contribution in [2.45, 2.75) is 38.0 Å². The van der Waals surface area contributed by atoms with Gasteiger partial charge in [0, 0.05) is 49.4 Å². The fourth-order valence-electron chi connectivity index (χ4n) is 4.52. The van der Waals surface area contributed by atoms with E-state index in [0.29, 0.717) is 18.2 Å². The molecule has 7 heteroatoms. The molecule has 7 nitrogen and oxygen atoms in total. The monoisotopic (exact) mass is 414 g/mol. The number of carbonyl (C=O) groups is 1. The molecule has 2 aliphatic rings. The Bertz CT molecular complexity index is 1050. The molecule has 1 saturated heterocycles. The normalized spacial score (nSPS) is 16.6. The van der Waals surface area contributed by atoms with Gasteiger partial charge in [0.15, 0.2) is 0 Å². The van der Waals surface area contributed by atoms with Crippen LogP contribution in [0, 0.1) is 0 Å². The predicted molar refractivity (Wildman–Crippen MR) is 118 cm³/mol. The van der Waals surface area contributed by atoms with Gasteiger partial charge in [0.1, 0.15) is 23.7 Å². The van der Waals surface area contributed by atoms with Crippen LogP contribution in [0.2, 0.25) is 0 Å². The zero-order valence-corrected chi connectivity index (χ0v) is 17.5. The maximum Gasteiger partial charge on any atom is 0.270 e. The largest absolute Gasteiger partial charge is 0.356 e. The summed E-state index contributed by atoms with van der Waals surface area (Å²) in [4.78, 5) is 33.0. The molecule has 2 aliphatic heterocycles. The fraction of sp³-hybridized carbons (Fsp3) is 0.375. The van der Waals surface area contributed by atoms with Crippen LogP contribution in [0.25, 0.3) is 0 Å². The number of benzene rings is 1. The average Bonchev–Trinajstić information content (AvgIpc) is 2.84. The van der Waals surface area contributed by atoms with E-state index in [2.05, 4.69) is 37.3 Å². The van der Waals surface area contributed by atoms with Crippen molar-refractivity contribution in [1.29, 1.82) is 0 Å². The lowest BCUT2D eigenvalue weighted by molar-refractivity contribution is 0.0940. The lowest BCUT2D eigenvalue weighted by Gasteiger charge is -2.34. The van der Waals surface area contributed by atoms with Crippen LogP contribution in [0.4, 0.5) is 5.82 Å². The summed E-state index contributed by atoms with van der Waals surface area (Å²) in [5.74, 6) is 2.05. The third-order valence-electron chi connectivity index (χ3n) is 6.20. The van der Waals surface area contributed by atoms with Crippen molar-refractivity contribution < 1.29 is 4.79 Å². The van der Waals surface area contributed by atoms with Crippen LogP contribution in [-0.2, 0) is 19.3 Å². The number of nitrogens with zero attached hydrogens (tertiary/aromatic N) is 5. The first-order valence-electron chi connectivity index (χ1n) is 11.0. The Morgan fingerprint density at radius 1 is 1.03 bits per heavy atom. The summed E-state index contributed by atoms with van der Waals surface area (Å²) in [5.41, 5.74) is 3.91. The number of nitrogens with one attached hydrogen (secondary N) is 1. The van der Waals surface area contributed by atoms with Gasteiger partial charge in [0.05, 0.1) is 0 Å². The number of piperidine rings is 1. The number of aryl methyl sites for hydroxylation is 2. The summed E-state index contributed by atoms with van der Waals surface area (Å²) < 4.78 is 0. The molecule has 2 aromatic heterocycles. The number of anilines is 1. The molecule has 1 amide bonds. The van der Waals surface area contributed by atoms with Crippen molar-refractivity contribution in [3.05, 3.63) is 77.3 Å². The molecule has 0 unspecified atom stereocenters. The molecule has 31 heavy (non-hydrogen) atoms. The first kappa shape index (κ1) is 19.6. The Kier molecular flexibility index (Phi) is 5.56. The van der Waals surface area contributed by atoms with E-state index >= 15 is 0 Å². The summed E-state index contributed by atoms with van der Waals surface area (Å²) >= 11 is 0. The van der Waals surface area contributed by atoms with E-state index in [1.165, 1.54) is 5.56 Å². The van der Waals surface area contributed by atoms with E-state index in [1.807, 2.05) is 30.5 Å². The van der Waals surface area contributed by atoms with Crippen molar-refractivity contribution in [1.82, 2.24) is 25.3 Å². The van der Waals surface area contributed by atoms with Crippen molar-refractivity contribution in [2.75, 3.05) is 24.5 Å². The SMILES string of the molecule is O=C1NCCc2c1nc(CCc1ccccc1)nc2N1CCC(c2ccncn2)CC1. The highest BCUT2D eigenvalue weighted by Gasteiger charge is 2.29. The highest BCUT2D eigenvalue weighted by atomic mass is 16.1. The number of aromatic nitrogens is 4. The Balaban J connectivity index is 1.38. The summed E-state index contributed by atoms with van der Waals surface area (Å²) in [7, 11) is 0. The van der Waals surface area contributed by atoms with Crippen LogP contribution in [0.15, 0.2) is 48.9 Å². The molecule has 1 fully saturated rings. The molecule has 1 aromatic carbocycles. The van der Waals surface area contributed by atoms with Gasteiger partial charge in [-0.1, -0.05) is 30.3 Å². The number of hydrogen-bond donors (Lipinski definition) is 1. The molecule has 0 radical (unpaired) electrons. The maximum atomic E-state index is 12.5. The lowest BCUT2D eigenvalue weighted by Crippen LogP contribution is -2.39. The third-order valence-corrected chi connectivity index (χ3v) is 6.20. The average molecular weight is 415 g/mol. The molecular formula is C24H26N6O. The lowest BCUT2D eigenvalue weighted by atomic mass is 9.93. The molecule has 0 spiro atoms. The van der Waals surface area contributed by atoms with Gasteiger partial charge in [-0.25, -0.2) is 19.9 Å². The summed E-state index contributed by atoms with van der Waals surface area (Å²) in [6.07, 6.45) is 7.82. The Hall–Kier alpha value is -3.35. The third kappa shape index (κ3) is 4.26. The van der Waals surface area contributed by atoms with Crippen LogP contribution in [0.3, 0.4) is 0 Å². The van der Waals surface area contributed by atoms with E-state index in [0.717, 1.165) is 68.1 Å². The number of rotatable bonds is 5. The first-order chi connectivity index (χ1) is 15.3. The van der Waals surface area contributed by atoms with Crippen LogP contribution in [0.5, 0.6) is 0 Å². The molecule has 0 bridgehead atoms. The van der Waals surface area contributed by atoms with Gasteiger partial charge in [-0.15, -0.1) is 0 Å². The van der Waals surface area contributed by atoms with Gasteiger partial charge in [0.2, 0.25) is 0 Å². The van der Waals surface area contributed by atoms with E-state index in [9.17, 15) is 4.79 Å². The molecule has 4 heterocycles. The molecule has 1 N–H and O–H groups in total. The molecule has 5 rings (SSSR count). The van der Waals surface area contributed by atoms with Crippen molar-refractivity contribution >= 4 is 11.7 Å². The van der Waals surface area contributed by atoms with E-state index in [-0.39, 0.29) is 5.91 Å². The van der Waals surface area contributed by atoms with Crippen LogP contribution in [-0.4, -0.2) is 45.5 Å². The van der Waals surface area contributed by atoms with Crippen LogP contribution in [0.1, 0.15) is 51.9 Å². The summed E-state index contributed by atoms with van der Waals surface area (Å²) in [6.45, 7) is 2.44. The minimum Gasteiger partial charge on any atom is -0.356 e. The zero-order valence-electron chi connectivity index (χ0n) is 17.5. The quantitative estimate of drug-likeness (QED) is 0.691. The summed E-state index contributed by atoms with van der Waals surface area (Å²) in [5, 5.41) is 2.94. The number of fused-ring (bicyclic) bond motifs is 1. The number of carbonyl (C=O) groups excluding carboxylic acids is 1. The Morgan fingerprint density at radius 2 is 1.87 bits per heavy atom. The fourth-order valence-corrected chi connectivity index (χ4v) is 4.52. The van der Waals surface area contributed by atoms with Gasteiger partial charge in [-0.3, -0.25) is 4.79 Å². The van der Waals surface area contributed by atoms with Crippen molar-refractivity contribution in [3.8, 4) is 0 Å². The molecule has 0 aliphatic carbocycles. The van der Waals surface area contributed by atoms with E-state index < -0.39 is 0 Å². The van der Waals surface area contributed by atoms with Crippen molar-refractivity contribution in [2.24, 2.45) is 0 Å². The second kappa shape index (κ2) is 8.79. The molecule has 0 atom stereocenters. The molecular weight excluding hydrogens is 388 g/mol. The second-order valence-corrected chi connectivity index (χ2v) is 8.18.